The predicted molar refractivity (Wildman–Crippen MR) is 230 cm³/mol. The first-order chi connectivity index (χ1) is 26.1. The molecule has 0 radical (unpaired) electrons. The van der Waals surface area contributed by atoms with Gasteiger partial charge in [-0.05, 0) is 113 Å². The van der Waals surface area contributed by atoms with Crippen molar-refractivity contribution >= 4 is 46.8 Å². The third kappa shape index (κ3) is 18.9. The van der Waals surface area contributed by atoms with Gasteiger partial charge in [-0.2, -0.15) is 0 Å². The topological polar surface area (TPSA) is 105 Å². The molecular weight excluding hydrogens is 709 g/mol. The fourth-order valence-electron chi connectivity index (χ4n) is 7.64. The minimum absolute atomic E-state index is 0.0612. The molecule has 2 aromatic rings. The summed E-state index contributed by atoms with van der Waals surface area (Å²) in [5.41, 5.74) is 11.6. The summed E-state index contributed by atoms with van der Waals surface area (Å²) >= 11 is 3.58. The molecule has 4 rings (SSSR count). The molecule has 2 aliphatic rings. The number of esters is 2. The molecule has 0 spiro atoms. The van der Waals surface area contributed by atoms with Crippen LogP contribution in [0.2, 0.25) is 0 Å². The van der Waals surface area contributed by atoms with Crippen LogP contribution in [0.5, 0.6) is 0 Å². The van der Waals surface area contributed by atoms with Crippen LogP contribution in [0.1, 0.15) is 162 Å². The molecule has 0 aliphatic heterocycles. The van der Waals surface area contributed by atoms with Gasteiger partial charge < -0.3 is 20.9 Å². The van der Waals surface area contributed by atoms with Crippen molar-refractivity contribution in [3.8, 4) is 0 Å². The Morgan fingerprint density at radius 2 is 1.06 bits per heavy atom. The number of nitrogens with two attached hydrogens (primary N) is 2. The number of unbranched alkanes of at least 4 members (excludes halogenated alkanes) is 4. The van der Waals surface area contributed by atoms with Crippen molar-refractivity contribution in [1.82, 2.24) is 0 Å². The van der Waals surface area contributed by atoms with Crippen LogP contribution < -0.4 is 11.5 Å². The Hall–Kier alpha value is -2.52. The highest BCUT2D eigenvalue weighted by Gasteiger charge is 2.23. The van der Waals surface area contributed by atoms with Gasteiger partial charge in [-0.3, -0.25) is 0 Å². The molecule has 4 N–H and O–H groups in total. The van der Waals surface area contributed by atoms with E-state index in [0.717, 1.165) is 49.7 Å². The summed E-state index contributed by atoms with van der Waals surface area (Å²) in [7, 11) is 0. The highest BCUT2D eigenvalue weighted by Crippen LogP contribution is 2.29. The van der Waals surface area contributed by atoms with E-state index in [1.807, 2.05) is 13.8 Å². The van der Waals surface area contributed by atoms with E-state index in [0.29, 0.717) is 12.8 Å². The lowest BCUT2D eigenvalue weighted by Gasteiger charge is -2.23. The monoisotopic (exact) mass is 778 g/mol. The van der Waals surface area contributed by atoms with Crippen LogP contribution in [0.25, 0.3) is 12.2 Å². The van der Waals surface area contributed by atoms with Crippen LogP contribution in [0.3, 0.4) is 0 Å². The standard InChI is InChI=1S/C46H70N2O4S2/c1-45(47,33-31-41-27-25-39(53-41)23-15-5-3-9-17-37-19-11-7-12-20-37)35-51-43(49)29-30-44(50)52-36-46(2,48)34-32-42-28-26-40(54-42)24-16-6-4-10-18-38-21-13-8-14-22-38/h15-16,23-30,37-38H,3-14,17-22,31-36,47-48H2,1-2H3/b23-15?,24-16?,30-29-. The van der Waals surface area contributed by atoms with E-state index in [4.69, 9.17) is 20.9 Å². The zero-order chi connectivity index (χ0) is 38.5. The first kappa shape index (κ1) is 44.2. The average molecular weight is 779 g/mol. The lowest BCUT2D eigenvalue weighted by Crippen LogP contribution is -2.42. The van der Waals surface area contributed by atoms with E-state index in [1.165, 1.54) is 122 Å². The Labute approximate surface area is 335 Å². The number of carbonyl (C=O) groups is 2. The molecule has 2 heterocycles. The Balaban J connectivity index is 1.03. The molecule has 8 heteroatoms. The van der Waals surface area contributed by atoms with E-state index in [1.54, 1.807) is 22.7 Å². The minimum atomic E-state index is -0.683. The third-order valence-corrected chi connectivity index (χ3v) is 13.4. The van der Waals surface area contributed by atoms with Gasteiger partial charge in [-0.25, -0.2) is 9.59 Å². The van der Waals surface area contributed by atoms with E-state index in [-0.39, 0.29) is 13.2 Å². The minimum Gasteiger partial charge on any atom is -0.461 e. The normalized spacial score (nSPS) is 18.4. The predicted octanol–water partition coefficient (Wildman–Crippen LogP) is 11.8. The van der Waals surface area contributed by atoms with Gasteiger partial charge in [0, 0.05) is 42.7 Å². The second-order valence-electron chi connectivity index (χ2n) is 16.8. The summed E-state index contributed by atoms with van der Waals surface area (Å²) in [5, 5.41) is 0. The van der Waals surface area contributed by atoms with Gasteiger partial charge in [0.2, 0.25) is 0 Å². The maximum absolute atomic E-state index is 12.3. The molecule has 6 nitrogen and oxygen atoms in total. The van der Waals surface area contributed by atoms with Crippen molar-refractivity contribution in [2.75, 3.05) is 13.2 Å². The molecule has 0 amide bonds. The van der Waals surface area contributed by atoms with Gasteiger partial charge in [-0.1, -0.05) is 102 Å². The molecule has 0 saturated heterocycles. The molecule has 2 aliphatic carbocycles. The lowest BCUT2D eigenvalue weighted by atomic mass is 9.85. The summed E-state index contributed by atoms with van der Waals surface area (Å²) in [5.74, 6) is 0.705. The first-order valence-electron chi connectivity index (χ1n) is 21.2. The van der Waals surface area contributed by atoms with Crippen molar-refractivity contribution in [3.05, 3.63) is 68.1 Å². The summed E-state index contributed by atoms with van der Waals surface area (Å²) in [4.78, 5) is 29.8. The van der Waals surface area contributed by atoms with Crippen LogP contribution in [0.4, 0.5) is 0 Å². The van der Waals surface area contributed by atoms with Crippen molar-refractivity contribution in [2.45, 2.75) is 166 Å². The lowest BCUT2D eigenvalue weighted by molar-refractivity contribution is -0.142. The van der Waals surface area contributed by atoms with Crippen LogP contribution in [0.15, 0.2) is 48.6 Å². The summed E-state index contributed by atoms with van der Waals surface area (Å²) in [6, 6.07) is 8.66. The average Bonchev–Trinajstić information content (AvgIpc) is 3.84. The molecule has 2 atom stereocenters. The first-order valence-corrected chi connectivity index (χ1v) is 22.8. The molecular formula is C46H70N2O4S2. The number of ether oxygens (including phenoxy) is 2. The van der Waals surface area contributed by atoms with Crippen LogP contribution in [-0.4, -0.2) is 36.2 Å². The molecule has 2 unspecified atom stereocenters. The number of rotatable bonds is 24. The summed E-state index contributed by atoms with van der Waals surface area (Å²) < 4.78 is 10.8. The van der Waals surface area contributed by atoms with Gasteiger partial charge in [0.05, 0.1) is 0 Å². The highest BCUT2D eigenvalue weighted by molar-refractivity contribution is 7.13. The number of carbonyl (C=O) groups excluding carboxylic acids is 2. The number of hydrogen-bond acceptors (Lipinski definition) is 8. The maximum Gasteiger partial charge on any atom is 0.331 e. The molecule has 2 fully saturated rings. The number of allylic oxidation sites excluding steroid dienone is 2. The quantitative estimate of drug-likeness (QED) is 0.0625. The molecule has 0 bridgehead atoms. The molecule has 300 valence electrons. The summed E-state index contributed by atoms with van der Waals surface area (Å²) in [6.45, 7) is 3.89. The zero-order valence-corrected chi connectivity index (χ0v) is 35.1. The second kappa shape index (κ2) is 24.2. The molecule has 2 saturated carbocycles. The molecule has 2 aromatic heterocycles. The van der Waals surface area contributed by atoms with Gasteiger partial charge in [-0.15, -0.1) is 22.7 Å². The Morgan fingerprint density at radius 3 is 1.46 bits per heavy atom. The van der Waals surface area contributed by atoms with E-state index >= 15 is 0 Å². The van der Waals surface area contributed by atoms with Crippen molar-refractivity contribution in [1.29, 1.82) is 0 Å². The van der Waals surface area contributed by atoms with Crippen molar-refractivity contribution in [3.63, 3.8) is 0 Å². The van der Waals surface area contributed by atoms with Crippen LogP contribution >= 0.6 is 22.7 Å². The van der Waals surface area contributed by atoms with E-state index < -0.39 is 23.0 Å². The highest BCUT2D eigenvalue weighted by atomic mass is 32.1. The van der Waals surface area contributed by atoms with Gasteiger partial charge in [0.1, 0.15) is 13.2 Å². The van der Waals surface area contributed by atoms with E-state index in [9.17, 15) is 9.59 Å². The number of aryl methyl sites for hydroxylation is 2. The van der Waals surface area contributed by atoms with Crippen molar-refractivity contribution in [2.24, 2.45) is 23.3 Å². The number of hydrogen-bond donors (Lipinski definition) is 2. The summed E-state index contributed by atoms with van der Waals surface area (Å²) in [6.07, 6.45) is 38.9. The Kier molecular flexibility index (Phi) is 19.8. The Morgan fingerprint density at radius 1 is 0.648 bits per heavy atom. The van der Waals surface area contributed by atoms with E-state index in [2.05, 4.69) is 48.6 Å². The zero-order valence-electron chi connectivity index (χ0n) is 33.5. The van der Waals surface area contributed by atoms with Crippen LogP contribution in [-0.2, 0) is 31.9 Å². The third-order valence-electron chi connectivity index (χ3n) is 11.2. The van der Waals surface area contributed by atoms with Crippen LogP contribution in [0, 0.1) is 11.8 Å². The smallest absolute Gasteiger partial charge is 0.331 e. The van der Waals surface area contributed by atoms with Gasteiger partial charge >= 0.3 is 11.9 Å². The fourth-order valence-corrected chi connectivity index (χ4v) is 9.53. The second-order valence-corrected chi connectivity index (χ2v) is 19.2. The molecule has 54 heavy (non-hydrogen) atoms. The van der Waals surface area contributed by atoms with Gasteiger partial charge in [0.25, 0.3) is 0 Å². The largest absolute Gasteiger partial charge is 0.461 e. The SMILES string of the molecule is CC(N)(CCc1ccc(C=CCCCCC2CCCCC2)s1)COC(=O)/C=C\C(=O)OCC(C)(N)CCc1ccc(C=CCCCCC2CCCCC2)s1. The van der Waals surface area contributed by atoms with Gasteiger partial charge in [0.15, 0.2) is 0 Å². The maximum atomic E-state index is 12.3. The Bertz CT molecular complexity index is 1350. The van der Waals surface area contributed by atoms with Crippen molar-refractivity contribution < 1.29 is 19.1 Å². The molecule has 0 aromatic carbocycles. The number of thiophene rings is 2. The fraction of sp³-hybridized carbons (Fsp3) is 0.652.